The van der Waals surface area contributed by atoms with E-state index in [-0.39, 0.29) is 21.6 Å². The van der Waals surface area contributed by atoms with Crippen LogP contribution < -0.4 is 0 Å². The highest BCUT2D eigenvalue weighted by molar-refractivity contribution is 9.10. The summed E-state index contributed by atoms with van der Waals surface area (Å²) >= 11 is 6.61. The van der Waals surface area contributed by atoms with E-state index >= 15 is 0 Å². The van der Waals surface area contributed by atoms with Crippen molar-refractivity contribution in [2.24, 2.45) is 0 Å². The van der Waals surface area contributed by atoms with E-state index in [2.05, 4.69) is 31.9 Å². The third-order valence-corrected chi connectivity index (χ3v) is 4.54. The van der Waals surface area contributed by atoms with Gasteiger partial charge in [-0.2, -0.15) is 0 Å². The summed E-state index contributed by atoms with van der Waals surface area (Å²) in [6.45, 7) is 4.91. The van der Waals surface area contributed by atoms with Gasteiger partial charge in [-0.1, -0.05) is 58.5 Å². The van der Waals surface area contributed by atoms with Crippen LogP contribution in [0.3, 0.4) is 0 Å². The molecule has 0 amide bonds. The number of esters is 2. The monoisotopic (exact) mass is 428 g/mol. The summed E-state index contributed by atoms with van der Waals surface area (Å²) in [6.07, 6.45) is 5.94. The maximum Gasteiger partial charge on any atom is 0.319 e. The standard InChI is InChI=1S/C15H26Br2O4/c1-3-8-12(16)14(18)20-10-6-5-7-11-21-15(19)13(17)9-4-2/h12-13H,3-11H2,1-2H3. The summed E-state index contributed by atoms with van der Waals surface area (Å²) in [5.74, 6) is -0.380. The largest absolute Gasteiger partial charge is 0.465 e. The van der Waals surface area contributed by atoms with Gasteiger partial charge in [0.15, 0.2) is 0 Å². The summed E-state index contributed by atoms with van der Waals surface area (Å²) < 4.78 is 10.3. The summed E-state index contributed by atoms with van der Waals surface area (Å²) in [6, 6.07) is 0. The van der Waals surface area contributed by atoms with Gasteiger partial charge >= 0.3 is 11.9 Å². The molecule has 0 saturated heterocycles. The third-order valence-electron chi connectivity index (χ3n) is 2.87. The average Bonchev–Trinajstić information content (AvgIpc) is 2.46. The van der Waals surface area contributed by atoms with Crippen molar-refractivity contribution >= 4 is 43.8 Å². The summed E-state index contributed by atoms with van der Waals surface area (Å²) in [5, 5.41) is 0. The number of halogens is 2. The molecule has 2 unspecified atom stereocenters. The van der Waals surface area contributed by atoms with E-state index in [1.165, 1.54) is 0 Å². The minimum atomic E-state index is -0.196. The fourth-order valence-corrected chi connectivity index (χ4v) is 2.83. The Morgan fingerprint density at radius 1 is 0.810 bits per heavy atom. The normalized spacial score (nSPS) is 13.5. The summed E-state index contributed by atoms with van der Waals surface area (Å²) in [7, 11) is 0. The van der Waals surface area contributed by atoms with Gasteiger partial charge in [0.05, 0.1) is 13.2 Å². The predicted molar refractivity (Wildman–Crippen MR) is 91.0 cm³/mol. The SMILES string of the molecule is CCCC(Br)C(=O)OCCCCCOC(=O)C(Br)CCC. The maximum atomic E-state index is 11.5. The molecule has 4 nitrogen and oxygen atoms in total. The molecule has 0 aliphatic rings. The first kappa shape index (κ1) is 20.9. The average molecular weight is 430 g/mol. The van der Waals surface area contributed by atoms with E-state index in [9.17, 15) is 9.59 Å². The maximum absolute atomic E-state index is 11.5. The fraction of sp³-hybridized carbons (Fsp3) is 0.867. The lowest BCUT2D eigenvalue weighted by Gasteiger charge is -2.10. The van der Waals surface area contributed by atoms with Crippen LogP contribution in [0, 0.1) is 0 Å². The van der Waals surface area contributed by atoms with E-state index < -0.39 is 0 Å². The molecule has 0 bridgehead atoms. The molecule has 6 heteroatoms. The number of rotatable bonds is 12. The summed E-state index contributed by atoms with van der Waals surface area (Å²) in [4.78, 5) is 22.6. The lowest BCUT2D eigenvalue weighted by Crippen LogP contribution is -2.18. The third kappa shape index (κ3) is 11.2. The Morgan fingerprint density at radius 3 is 1.52 bits per heavy atom. The van der Waals surface area contributed by atoms with Crippen LogP contribution in [0.15, 0.2) is 0 Å². The first-order chi connectivity index (χ1) is 10.0. The number of hydrogen-bond donors (Lipinski definition) is 0. The van der Waals surface area contributed by atoms with Crippen LogP contribution in [0.2, 0.25) is 0 Å². The minimum absolute atomic E-state index is 0.190. The van der Waals surface area contributed by atoms with E-state index in [1.54, 1.807) is 0 Å². The van der Waals surface area contributed by atoms with Gasteiger partial charge in [0, 0.05) is 0 Å². The van der Waals surface area contributed by atoms with E-state index in [1.807, 2.05) is 13.8 Å². The number of carbonyl (C=O) groups is 2. The molecule has 124 valence electrons. The lowest BCUT2D eigenvalue weighted by atomic mass is 10.2. The van der Waals surface area contributed by atoms with Crippen molar-refractivity contribution in [3.05, 3.63) is 0 Å². The number of carbonyl (C=O) groups excluding carboxylic acids is 2. The minimum Gasteiger partial charge on any atom is -0.465 e. The van der Waals surface area contributed by atoms with E-state index in [4.69, 9.17) is 9.47 Å². The topological polar surface area (TPSA) is 52.6 Å². The quantitative estimate of drug-likeness (QED) is 0.262. The molecule has 0 radical (unpaired) electrons. The van der Waals surface area contributed by atoms with Gasteiger partial charge in [-0.15, -0.1) is 0 Å². The van der Waals surface area contributed by atoms with E-state index in [0.29, 0.717) is 13.2 Å². The molecule has 0 aliphatic carbocycles. The van der Waals surface area contributed by atoms with Gasteiger partial charge in [-0.25, -0.2) is 0 Å². The number of alkyl halides is 2. The zero-order valence-corrected chi connectivity index (χ0v) is 16.1. The van der Waals surface area contributed by atoms with Crippen molar-refractivity contribution in [1.29, 1.82) is 0 Å². The van der Waals surface area contributed by atoms with Crippen LogP contribution in [-0.2, 0) is 19.1 Å². The smallest absolute Gasteiger partial charge is 0.319 e. The molecule has 0 saturated carbocycles. The molecule has 0 aromatic rings. The first-order valence-electron chi connectivity index (χ1n) is 7.64. The molecule has 21 heavy (non-hydrogen) atoms. The zero-order chi connectivity index (χ0) is 16.1. The van der Waals surface area contributed by atoms with Crippen LogP contribution >= 0.6 is 31.9 Å². The molecule has 0 aromatic heterocycles. The Kier molecular flexibility index (Phi) is 13.5. The second kappa shape index (κ2) is 13.6. The number of ether oxygens (including phenoxy) is 2. The van der Waals surface area contributed by atoms with Crippen molar-refractivity contribution < 1.29 is 19.1 Å². The van der Waals surface area contributed by atoms with E-state index in [0.717, 1.165) is 44.9 Å². The molecular weight excluding hydrogens is 404 g/mol. The van der Waals surface area contributed by atoms with Crippen molar-refractivity contribution in [3.63, 3.8) is 0 Å². The van der Waals surface area contributed by atoms with Crippen LogP contribution in [-0.4, -0.2) is 34.8 Å². The predicted octanol–water partition coefficient (Wildman–Crippen LogP) is 4.37. The van der Waals surface area contributed by atoms with Gasteiger partial charge in [-0.05, 0) is 32.1 Å². The van der Waals surface area contributed by atoms with Crippen LogP contribution in [0.1, 0.15) is 58.8 Å². The van der Waals surface area contributed by atoms with Crippen molar-refractivity contribution in [2.45, 2.75) is 68.4 Å². The Morgan fingerprint density at radius 2 is 1.19 bits per heavy atom. The Bertz CT molecular complexity index is 269. The molecule has 2 atom stereocenters. The fourth-order valence-electron chi connectivity index (χ4n) is 1.65. The van der Waals surface area contributed by atoms with Crippen molar-refractivity contribution in [3.8, 4) is 0 Å². The molecular formula is C15H26Br2O4. The Balaban J connectivity index is 3.48. The van der Waals surface area contributed by atoms with Crippen molar-refractivity contribution in [1.82, 2.24) is 0 Å². The van der Waals surface area contributed by atoms with Crippen molar-refractivity contribution in [2.75, 3.05) is 13.2 Å². The second-order valence-electron chi connectivity index (χ2n) is 4.91. The number of hydrogen-bond acceptors (Lipinski definition) is 4. The van der Waals surface area contributed by atoms with Crippen LogP contribution in [0.5, 0.6) is 0 Å². The highest BCUT2D eigenvalue weighted by Crippen LogP contribution is 2.11. The molecule has 0 rings (SSSR count). The lowest BCUT2D eigenvalue weighted by molar-refractivity contribution is -0.143. The molecule has 0 N–H and O–H groups in total. The first-order valence-corrected chi connectivity index (χ1v) is 9.47. The Labute approximate surface area is 144 Å². The summed E-state index contributed by atoms with van der Waals surface area (Å²) in [5.41, 5.74) is 0. The zero-order valence-electron chi connectivity index (χ0n) is 12.9. The highest BCUT2D eigenvalue weighted by atomic mass is 79.9. The second-order valence-corrected chi connectivity index (χ2v) is 7.12. The van der Waals surface area contributed by atoms with Crippen LogP contribution in [0.4, 0.5) is 0 Å². The van der Waals surface area contributed by atoms with Gasteiger partial charge in [0.1, 0.15) is 9.65 Å². The van der Waals surface area contributed by atoms with Gasteiger partial charge in [0.2, 0.25) is 0 Å². The van der Waals surface area contributed by atoms with Gasteiger partial charge in [0.25, 0.3) is 0 Å². The number of unbranched alkanes of at least 4 members (excludes halogenated alkanes) is 2. The highest BCUT2D eigenvalue weighted by Gasteiger charge is 2.15. The molecule has 0 heterocycles. The molecule has 0 aliphatic heterocycles. The van der Waals surface area contributed by atoms with Crippen LogP contribution in [0.25, 0.3) is 0 Å². The molecule has 0 aromatic carbocycles. The molecule has 0 spiro atoms. The van der Waals surface area contributed by atoms with Gasteiger partial charge in [-0.3, -0.25) is 9.59 Å². The van der Waals surface area contributed by atoms with Gasteiger partial charge < -0.3 is 9.47 Å². The Hall–Kier alpha value is -0.100. The molecule has 0 fully saturated rings.